The molecule has 0 spiro atoms. The van der Waals surface area contributed by atoms with Gasteiger partial charge in [0.2, 0.25) is 0 Å². The quantitative estimate of drug-likeness (QED) is 0.882. The van der Waals surface area contributed by atoms with Gasteiger partial charge in [0.25, 0.3) is 0 Å². The Labute approximate surface area is 116 Å². The van der Waals surface area contributed by atoms with E-state index in [2.05, 4.69) is 43.1 Å². The molecule has 2 fully saturated rings. The van der Waals surface area contributed by atoms with E-state index in [0.29, 0.717) is 12.1 Å². The van der Waals surface area contributed by atoms with Gasteiger partial charge in [-0.15, -0.1) is 0 Å². The Bertz CT molecular complexity index is 425. The zero-order valence-electron chi connectivity index (χ0n) is 12.1. The fourth-order valence-electron chi connectivity index (χ4n) is 3.94. The highest BCUT2D eigenvalue weighted by Crippen LogP contribution is 2.43. The van der Waals surface area contributed by atoms with Crippen LogP contribution in [0, 0.1) is 0 Å². The first-order chi connectivity index (χ1) is 9.12. The minimum atomic E-state index is -0.603. The van der Waals surface area contributed by atoms with E-state index in [0.717, 1.165) is 24.8 Å². The first-order valence-corrected chi connectivity index (χ1v) is 7.66. The first-order valence-electron chi connectivity index (χ1n) is 7.66. The molecule has 2 aliphatic rings. The van der Waals surface area contributed by atoms with Gasteiger partial charge in [-0.3, -0.25) is 0 Å². The van der Waals surface area contributed by atoms with Gasteiger partial charge in [-0.1, -0.05) is 37.6 Å². The zero-order chi connectivity index (χ0) is 13.5. The van der Waals surface area contributed by atoms with E-state index in [1.54, 1.807) is 0 Å². The maximum absolute atomic E-state index is 11.1. The van der Waals surface area contributed by atoms with Crippen LogP contribution < -0.4 is 0 Å². The van der Waals surface area contributed by atoms with Crippen molar-refractivity contribution in [3.05, 3.63) is 35.4 Å². The van der Waals surface area contributed by atoms with Crippen molar-refractivity contribution in [1.29, 1.82) is 0 Å². The van der Waals surface area contributed by atoms with Gasteiger partial charge in [0.1, 0.15) is 0 Å². The van der Waals surface area contributed by atoms with Gasteiger partial charge in [-0.25, -0.2) is 0 Å². The monoisotopic (exact) mass is 259 g/mol. The molecule has 2 atom stereocenters. The molecule has 1 aromatic rings. The van der Waals surface area contributed by atoms with Gasteiger partial charge in [-0.2, -0.15) is 0 Å². The fourth-order valence-corrected chi connectivity index (χ4v) is 3.94. The normalized spacial score (nSPS) is 35.3. The van der Waals surface area contributed by atoms with Gasteiger partial charge in [0.05, 0.1) is 5.60 Å². The molecular formula is C17H25NO. The number of fused-ring (bicyclic) bond motifs is 2. The molecule has 0 radical (unpaired) electrons. The summed E-state index contributed by atoms with van der Waals surface area (Å²) in [5.74, 6) is 0. The minimum Gasteiger partial charge on any atom is -0.385 e. The van der Waals surface area contributed by atoms with E-state index in [-0.39, 0.29) is 0 Å². The molecule has 0 amide bonds. The smallest absolute Gasteiger partial charge is 0.0926 e. The maximum atomic E-state index is 11.1. The van der Waals surface area contributed by atoms with Crippen molar-refractivity contribution in [2.45, 2.75) is 63.1 Å². The van der Waals surface area contributed by atoms with Crippen molar-refractivity contribution in [3.8, 4) is 0 Å². The molecule has 3 rings (SSSR count). The lowest BCUT2D eigenvalue weighted by Crippen LogP contribution is -2.55. The highest BCUT2D eigenvalue weighted by molar-refractivity contribution is 5.28. The highest BCUT2D eigenvalue weighted by atomic mass is 16.3. The average Bonchev–Trinajstić information content (AvgIpc) is 2.41. The van der Waals surface area contributed by atoms with Crippen LogP contribution in [0.3, 0.4) is 0 Å². The van der Waals surface area contributed by atoms with Crippen LogP contribution in [-0.2, 0) is 12.0 Å². The summed E-state index contributed by atoms with van der Waals surface area (Å²) >= 11 is 0. The van der Waals surface area contributed by atoms with Crippen LogP contribution in [0.5, 0.6) is 0 Å². The Morgan fingerprint density at radius 2 is 1.74 bits per heavy atom. The molecule has 2 unspecified atom stereocenters. The second kappa shape index (κ2) is 4.92. The summed E-state index contributed by atoms with van der Waals surface area (Å²) in [5.41, 5.74) is 1.87. The van der Waals surface area contributed by atoms with E-state index in [1.807, 2.05) is 0 Å². The molecule has 0 aliphatic carbocycles. The molecule has 2 bridgehead atoms. The average molecular weight is 259 g/mol. The molecule has 0 aromatic heterocycles. The van der Waals surface area contributed by atoms with E-state index < -0.39 is 5.60 Å². The third kappa shape index (κ3) is 2.32. The van der Waals surface area contributed by atoms with Crippen LogP contribution in [0.25, 0.3) is 0 Å². The van der Waals surface area contributed by atoms with Crippen molar-refractivity contribution in [2.75, 3.05) is 7.05 Å². The van der Waals surface area contributed by atoms with Crippen molar-refractivity contribution in [3.63, 3.8) is 0 Å². The van der Waals surface area contributed by atoms with Crippen LogP contribution in [0.2, 0.25) is 0 Å². The molecule has 2 nitrogen and oxygen atoms in total. The zero-order valence-corrected chi connectivity index (χ0v) is 12.1. The lowest BCUT2D eigenvalue weighted by atomic mass is 9.73. The molecule has 1 aromatic carbocycles. The number of aliphatic hydroxyl groups is 1. The number of piperidine rings is 2. The first kappa shape index (κ1) is 13.1. The molecular weight excluding hydrogens is 234 g/mol. The minimum absolute atomic E-state index is 0.559. The molecule has 19 heavy (non-hydrogen) atoms. The van der Waals surface area contributed by atoms with E-state index in [4.69, 9.17) is 0 Å². The van der Waals surface area contributed by atoms with Crippen LogP contribution >= 0.6 is 0 Å². The molecule has 104 valence electrons. The fraction of sp³-hybridized carbons (Fsp3) is 0.647. The Morgan fingerprint density at radius 3 is 2.26 bits per heavy atom. The summed E-state index contributed by atoms with van der Waals surface area (Å²) < 4.78 is 0. The lowest BCUT2D eigenvalue weighted by Gasteiger charge is -2.50. The summed E-state index contributed by atoms with van der Waals surface area (Å²) in [6.45, 7) is 2.17. The summed E-state index contributed by atoms with van der Waals surface area (Å²) in [6.07, 6.45) is 6.65. The summed E-state index contributed by atoms with van der Waals surface area (Å²) in [6, 6.07) is 9.73. The second-order valence-corrected chi connectivity index (χ2v) is 6.39. The van der Waals surface area contributed by atoms with E-state index in [1.165, 1.54) is 24.8 Å². The van der Waals surface area contributed by atoms with Crippen molar-refractivity contribution >= 4 is 0 Å². The number of hydrogen-bond acceptors (Lipinski definition) is 2. The predicted octanol–water partition coefficient (Wildman–Crippen LogP) is 3.08. The summed E-state index contributed by atoms with van der Waals surface area (Å²) in [5, 5.41) is 11.1. The standard InChI is InChI=1S/C17H25NO/c1-3-13-7-9-14(10-8-13)17(19)11-15-5-4-6-16(12-17)18(15)2/h7-10,15-16,19H,3-6,11-12H2,1-2H3. The number of rotatable bonds is 2. The number of nitrogens with zero attached hydrogens (tertiary/aromatic N) is 1. The Kier molecular flexibility index (Phi) is 3.40. The van der Waals surface area contributed by atoms with Crippen LogP contribution in [0.1, 0.15) is 50.2 Å². The molecule has 0 saturated carbocycles. The molecule has 2 heteroatoms. The van der Waals surface area contributed by atoms with Gasteiger partial charge < -0.3 is 10.0 Å². The van der Waals surface area contributed by atoms with E-state index in [9.17, 15) is 5.11 Å². The SMILES string of the molecule is CCc1ccc(C2(O)CC3CCCC(C2)N3C)cc1. The number of hydrogen-bond donors (Lipinski definition) is 1. The Hall–Kier alpha value is -0.860. The van der Waals surface area contributed by atoms with Crippen molar-refractivity contribution in [1.82, 2.24) is 4.90 Å². The topological polar surface area (TPSA) is 23.5 Å². The van der Waals surface area contributed by atoms with Crippen molar-refractivity contribution < 1.29 is 5.11 Å². The van der Waals surface area contributed by atoms with Gasteiger partial charge in [-0.05, 0) is 50.3 Å². The molecule has 2 heterocycles. The summed E-state index contributed by atoms with van der Waals surface area (Å²) in [4.78, 5) is 2.50. The summed E-state index contributed by atoms with van der Waals surface area (Å²) in [7, 11) is 2.23. The molecule has 1 N–H and O–H groups in total. The van der Waals surface area contributed by atoms with Crippen LogP contribution in [0.15, 0.2) is 24.3 Å². The largest absolute Gasteiger partial charge is 0.385 e. The van der Waals surface area contributed by atoms with Crippen LogP contribution in [0.4, 0.5) is 0 Å². The van der Waals surface area contributed by atoms with Gasteiger partial charge in [0.15, 0.2) is 0 Å². The van der Waals surface area contributed by atoms with Gasteiger partial charge in [0, 0.05) is 12.1 Å². The predicted molar refractivity (Wildman–Crippen MR) is 78.1 cm³/mol. The lowest BCUT2D eigenvalue weighted by molar-refractivity contribution is -0.0874. The van der Waals surface area contributed by atoms with Crippen LogP contribution in [-0.4, -0.2) is 29.1 Å². The Balaban J connectivity index is 1.86. The van der Waals surface area contributed by atoms with Gasteiger partial charge >= 0.3 is 0 Å². The molecule has 2 aliphatic heterocycles. The molecule has 2 saturated heterocycles. The second-order valence-electron chi connectivity index (χ2n) is 6.39. The number of aryl methyl sites for hydroxylation is 1. The highest BCUT2D eigenvalue weighted by Gasteiger charge is 2.44. The third-order valence-corrected chi connectivity index (χ3v) is 5.27. The van der Waals surface area contributed by atoms with Crippen molar-refractivity contribution in [2.24, 2.45) is 0 Å². The Morgan fingerprint density at radius 1 is 1.16 bits per heavy atom. The third-order valence-electron chi connectivity index (χ3n) is 5.27. The maximum Gasteiger partial charge on any atom is 0.0926 e. The van der Waals surface area contributed by atoms with E-state index >= 15 is 0 Å². The number of benzene rings is 1.